The minimum Gasteiger partial charge on any atom is -0.395 e. The lowest BCUT2D eigenvalue weighted by molar-refractivity contribution is 0.162. The highest BCUT2D eigenvalue weighted by Gasteiger charge is 2.37. The van der Waals surface area contributed by atoms with Crippen molar-refractivity contribution in [3.63, 3.8) is 0 Å². The summed E-state index contributed by atoms with van der Waals surface area (Å²) in [6, 6.07) is 3.81. The lowest BCUT2D eigenvalue weighted by Crippen LogP contribution is -2.50. The molecule has 118 valence electrons. The van der Waals surface area contributed by atoms with Crippen LogP contribution in [0.5, 0.6) is 0 Å². The maximum Gasteiger partial charge on any atom is 0.242 e. The summed E-state index contributed by atoms with van der Waals surface area (Å²) in [6.45, 7) is 0.304. The number of likely N-dealkylation sites (N-methyl/N-ethyl adjacent to an activating group) is 1. The van der Waals surface area contributed by atoms with Gasteiger partial charge in [-0.25, -0.2) is 17.5 Å². The van der Waals surface area contributed by atoms with Crippen molar-refractivity contribution >= 4 is 15.7 Å². The molecular weight excluding hydrogens is 293 g/mol. The second-order valence-corrected chi connectivity index (χ2v) is 7.54. The fraction of sp³-hybridized carbons (Fsp3) is 0.571. The number of sulfonamides is 1. The number of hydrogen-bond acceptors (Lipinski definition) is 4. The summed E-state index contributed by atoms with van der Waals surface area (Å²) >= 11 is 0. The Labute approximate surface area is 125 Å². The SMILES string of the molecule is CN(C)C1(CNS(=O)(=O)c2cccc(F)c2N)CCCC1. The molecule has 21 heavy (non-hydrogen) atoms. The molecule has 0 atom stereocenters. The Bertz CT molecular complexity index is 611. The number of nitrogens with zero attached hydrogens (tertiary/aromatic N) is 1. The summed E-state index contributed by atoms with van der Waals surface area (Å²) in [7, 11) is 0.0948. The number of nitrogens with one attached hydrogen (secondary N) is 1. The Morgan fingerprint density at radius 1 is 1.33 bits per heavy atom. The van der Waals surface area contributed by atoms with Crippen LogP contribution in [0, 0.1) is 5.82 Å². The molecule has 1 aromatic carbocycles. The van der Waals surface area contributed by atoms with Crippen molar-refractivity contribution in [2.75, 3.05) is 26.4 Å². The molecule has 0 saturated heterocycles. The van der Waals surface area contributed by atoms with Gasteiger partial charge in [0, 0.05) is 12.1 Å². The zero-order valence-electron chi connectivity index (χ0n) is 12.4. The predicted octanol–water partition coefficient (Wildman–Crippen LogP) is 1.56. The smallest absolute Gasteiger partial charge is 0.242 e. The van der Waals surface area contributed by atoms with E-state index in [1.165, 1.54) is 12.1 Å². The first kappa shape index (κ1) is 16.2. The van der Waals surface area contributed by atoms with Crippen LogP contribution >= 0.6 is 0 Å². The third-order valence-corrected chi connectivity index (χ3v) is 5.84. The largest absolute Gasteiger partial charge is 0.395 e. The highest BCUT2D eigenvalue weighted by atomic mass is 32.2. The standard InChI is InChI=1S/C14H22FN3O2S/c1-18(2)14(8-3-4-9-14)10-17-21(19,20)12-7-5-6-11(15)13(12)16/h5-7,17H,3-4,8-10,16H2,1-2H3. The van der Waals surface area contributed by atoms with Crippen molar-refractivity contribution in [1.82, 2.24) is 9.62 Å². The fourth-order valence-electron chi connectivity index (χ4n) is 2.87. The third-order valence-electron chi connectivity index (χ3n) is 4.38. The van der Waals surface area contributed by atoms with Crippen molar-refractivity contribution in [3.05, 3.63) is 24.0 Å². The zero-order valence-corrected chi connectivity index (χ0v) is 13.2. The van der Waals surface area contributed by atoms with Crippen LogP contribution in [0.25, 0.3) is 0 Å². The molecular formula is C14H22FN3O2S. The van der Waals surface area contributed by atoms with Crippen LogP contribution < -0.4 is 10.5 Å². The Morgan fingerprint density at radius 3 is 2.52 bits per heavy atom. The quantitative estimate of drug-likeness (QED) is 0.809. The Morgan fingerprint density at radius 2 is 1.95 bits per heavy atom. The van der Waals surface area contributed by atoms with Crippen LogP contribution in [0.4, 0.5) is 10.1 Å². The van der Waals surface area contributed by atoms with E-state index in [1.54, 1.807) is 0 Å². The first-order chi connectivity index (χ1) is 9.78. The first-order valence-corrected chi connectivity index (χ1v) is 8.48. The lowest BCUT2D eigenvalue weighted by atomic mass is 9.97. The van der Waals surface area contributed by atoms with Crippen molar-refractivity contribution in [2.45, 2.75) is 36.1 Å². The van der Waals surface area contributed by atoms with E-state index in [0.717, 1.165) is 31.7 Å². The summed E-state index contributed by atoms with van der Waals surface area (Å²) < 4.78 is 40.7. The van der Waals surface area contributed by atoms with Crippen molar-refractivity contribution < 1.29 is 12.8 Å². The molecule has 0 unspecified atom stereocenters. The number of halogens is 1. The molecule has 0 heterocycles. The van der Waals surface area contributed by atoms with Gasteiger partial charge in [0.1, 0.15) is 10.7 Å². The van der Waals surface area contributed by atoms with Gasteiger partial charge < -0.3 is 10.6 Å². The van der Waals surface area contributed by atoms with Crippen molar-refractivity contribution in [1.29, 1.82) is 0 Å². The van der Waals surface area contributed by atoms with Gasteiger partial charge in [-0.05, 0) is 39.1 Å². The maximum atomic E-state index is 13.4. The van der Waals surface area contributed by atoms with Gasteiger partial charge in [-0.1, -0.05) is 18.9 Å². The van der Waals surface area contributed by atoms with Gasteiger partial charge in [-0.3, -0.25) is 0 Å². The Kier molecular flexibility index (Phi) is 4.55. The molecule has 5 nitrogen and oxygen atoms in total. The van der Waals surface area contributed by atoms with Gasteiger partial charge in [0.2, 0.25) is 10.0 Å². The fourth-order valence-corrected chi connectivity index (χ4v) is 4.13. The average molecular weight is 315 g/mol. The summed E-state index contributed by atoms with van der Waals surface area (Å²) in [5, 5.41) is 0. The molecule has 0 amide bonds. The first-order valence-electron chi connectivity index (χ1n) is 7.00. The molecule has 0 bridgehead atoms. The molecule has 1 saturated carbocycles. The molecule has 7 heteroatoms. The summed E-state index contributed by atoms with van der Waals surface area (Å²) in [6.07, 6.45) is 4.06. The number of nitrogens with two attached hydrogens (primary N) is 1. The molecule has 1 aromatic rings. The molecule has 1 aliphatic carbocycles. The lowest BCUT2D eigenvalue weighted by Gasteiger charge is -2.36. The molecule has 1 aliphatic rings. The number of hydrogen-bond donors (Lipinski definition) is 2. The van der Waals surface area contributed by atoms with Crippen molar-refractivity contribution in [3.8, 4) is 0 Å². The van der Waals surface area contributed by atoms with Crippen LogP contribution in [0.2, 0.25) is 0 Å². The van der Waals surface area contributed by atoms with Gasteiger partial charge in [0.05, 0.1) is 5.69 Å². The van der Waals surface area contributed by atoms with Crippen LogP contribution in [-0.2, 0) is 10.0 Å². The number of rotatable bonds is 5. The summed E-state index contributed by atoms with van der Waals surface area (Å²) in [5.74, 6) is -0.721. The van der Waals surface area contributed by atoms with E-state index in [9.17, 15) is 12.8 Å². The number of nitrogen functional groups attached to an aromatic ring is 1. The number of para-hydroxylation sites is 1. The van der Waals surface area contributed by atoms with Gasteiger partial charge >= 0.3 is 0 Å². The Balaban J connectivity index is 2.20. The highest BCUT2D eigenvalue weighted by molar-refractivity contribution is 7.89. The predicted molar refractivity (Wildman–Crippen MR) is 80.9 cm³/mol. The highest BCUT2D eigenvalue weighted by Crippen LogP contribution is 2.33. The second-order valence-electron chi connectivity index (χ2n) is 5.80. The minimum atomic E-state index is -3.81. The van der Waals surface area contributed by atoms with Crippen LogP contribution in [-0.4, -0.2) is 39.5 Å². The maximum absolute atomic E-state index is 13.4. The summed E-state index contributed by atoms with van der Waals surface area (Å²) in [5.41, 5.74) is 5.03. The summed E-state index contributed by atoms with van der Waals surface area (Å²) in [4.78, 5) is 1.87. The van der Waals surface area contributed by atoms with E-state index >= 15 is 0 Å². The van der Waals surface area contributed by atoms with E-state index in [2.05, 4.69) is 9.62 Å². The van der Waals surface area contributed by atoms with E-state index in [-0.39, 0.29) is 16.1 Å². The third kappa shape index (κ3) is 3.20. The average Bonchev–Trinajstić information content (AvgIpc) is 2.90. The van der Waals surface area contributed by atoms with Crippen LogP contribution in [0.3, 0.4) is 0 Å². The molecule has 1 fully saturated rings. The van der Waals surface area contributed by atoms with Crippen LogP contribution in [0.15, 0.2) is 23.1 Å². The second kappa shape index (κ2) is 5.90. The van der Waals surface area contributed by atoms with Gasteiger partial charge in [-0.2, -0.15) is 0 Å². The topological polar surface area (TPSA) is 75.4 Å². The van der Waals surface area contributed by atoms with Crippen LogP contribution in [0.1, 0.15) is 25.7 Å². The zero-order chi connectivity index (χ0) is 15.7. The molecule has 2 rings (SSSR count). The monoisotopic (exact) mass is 315 g/mol. The van der Waals surface area contributed by atoms with E-state index in [0.29, 0.717) is 6.54 Å². The van der Waals surface area contributed by atoms with E-state index in [4.69, 9.17) is 5.73 Å². The normalized spacial score (nSPS) is 18.3. The van der Waals surface area contributed by atoms with Gasteiger partial charge in [0.25, 0.3) is 0 Å². The Hall–Kier alpha value is -1.18. The van der Waals surface area contributed by atoms with Gasteiger partial charge in [-0.15, -0.1) is 0 Å². The molecule has 0 aromatic heterocycles. The number of anilines is 1. The molecule has 0 aliphatic heterocycles. The van der Waals surface area contributed by atoms with Crippen molar-refractivity contribution in [2.24, 2.45) is 0 Å². The molecule has 3 N–H and O–H groups in total. The molecule has 0 radical (unpaired) electrons. The van der Waals surface area contributed by atoms with Gasteiger partial charge in [0.15, 0.2) is 0 Å². The molecule has 0 spiro atoms. The van der Waals surface area contributed by atoms with E-state index < -0.39 is 15.8 Å². The number of benzene rings is 1. The minimum absolute atomic E-state index is 0.171. The van der Waals surface area contributed by atoms with E-state index in [1.807, 2.05) is 14.1 Å².